The smallest absolute Gasteiger partial charge is 0.289 e. The Labute approximate surface area is 212 Å². The van der Waals surface area contributed by atoms with Crippen LogP contribution in [0.4, 0.5) is 0 Å². The Morgan fingerprint density at radius 2 is 1.92 bits per heavy atom. The summed E-state index contributed by atoms with van der Waals surface area (Å²) in [6.45, 7) is 7.80. The van der Waals surface area contributed by atoms with E-state index in [1.165, 1.54) is 6.42 Å². The number of hydrogen-bond acceptors (Lipinski definition) is 5. The van der Waals surface area contributed by atoms with Crippen molar-refractivity contribution in [3.63, 3.8) is 0 Å². The van der Waals surface area contributed by atoms with Gasteiger partial charge in [0.15, 0.2) is 5.76 Å². The number of benzene rings is 2. The molecule has 0 saturated carbocycles. The number of aliphatic hydroxyl groups is 1. The zero-order valence-corrected chi connectivity index (χ0v) is 21.4. The second-order valence-corrected chi connectivity index (χ2v) is 10.4. The first-order valence-electron chi connectivity index (χ1n) is 12.9. The van der Waals surface area contributed by atoms with Crippen LogP contribution in [-0.2, 0) is 12.1 Å². The van der Waals surface area contributed by atoms with E-state index in [4.69, 9.17) is 4.42 Å². The van der Waals surface area contributed by atoms with Crippen LogP contribution in [0, 0.1) is 5.92 Å². The molecule has 0 aliphatic carbocycles. The molecular weight excluding hydrogens is 450 g/mol. The molecule has 1 N–H and O–H groups in total. The number of likely N-dealkylation sites (tertiary alicyclic amines) is 1. The Kier molecular flexibility index (Phi) is 6.82. The zero-order chi connectivity index (χ0) is 25.3. The molecule has 6 nitrogen and oxygen atoms in total. The van der Waals surface area contributed by atoms with Crippen molar-refractivity contribution >= 4 is 27.8 Å². The van der Waals surface area contributed by atoms with Gasteiger partial charge in [-0.1, -0.05) is 50.6 Å². The fourth-order valence-electron chi connectivity index (χ4n) is 5.21. The molecule has 0 unspecified atom stereocenters. The van der Waals surface area contributed by atoms with Gasteiger partial charge in [-0.2, -0.15) is 0 Å². The minimum absolute atomic E-state index is 0.183. The summed E-state index contributed by atoms with van der Waals surface area (Å²) in [7, 11) is 1.78. The minimum Gasteiger partial charge on any atom is -0.451 e. The van der Waals surface area contributed by atoms with Gasteiger partial charge >= 0.3 is 0 Å². The van der Waals surface area contributed by atoms with E-state index in [2.05, 4.69) is 23.7 Å². The summed E-state index contributed by atoms with van der Waals surface area (Å²) in [5, 5.41) is 13.3. The Morgan fingerprint density at radius 1 is 1.14 bits per heavy atom. The number of amides is 1. The minimum atomic E-state index is -0.847. The number of rotatable bonds is 7. The van der Waals surface area contributed by atoms with Crippen LogP contribution in [0.1, 0.15) is 54.8 Å². The van der Waals surface area contributed by atoms with Crippen LogP contribution in [-0.4, -0.2) is 52.5 Å². The summed E-state index contributed by atoms with van der Waals surface area (Å²) in [6, 6.07) is 17.5. The highest BCUT2D eigenvalue weighted by Gasteiger charge is 2.34. The number of aromatic nitrogens is 1. The number of furan rings is 1. The number of para-hydroxylation sites is 1. The first-order chi connectivity index (χ1) is 17.4. The van der Waals surface area contributed by atoms with Crippen LogP contribution >= 0.6 is 0 Å². The van der Waals surface area contributed by atoms with Crippen molar-refractivity contribution in [3.05, 3.63) is 77.7 Å². The molecule has 2 aromatic carbocycles. The lowest BCUT2D eigenvalue weighted by Crippen LogP contribution is -2.43. The Balaban J connectivity index is 1.31. The average molecular weight is 486 g/mol. The maximum absolute atomic E-state index is 13.2. The highest BCUT2D eigenvalue weighted by Crippen LogP contribution is 2.35. The number of fused-ring (bicyclic) bond motifs is 2. The quantitative estimate of drug-likeness (QED) is 0.370. The molecule has 36 heavy (non-hydrogen) atoms. The molecule has 3 heterocycles. The zero-order valence-electron chi connectivity index (χ0n) is 21.4. The van der Waals surface area contributed by atoms with Crippen LogP contribution < -0.4 is 0 Å². The molecular formula is C30H35N3O3. The number of nitrogens with zero attached hydrogens (tertiary/aromatic N) is 3. The third kappa shape index (κ3) is 4.88. The molecule has 0 spiro atoms. The van der Waals surface area contributed by atoms with E-state index in [9.17, 15) is 9.90 Å². The van der Waals surface area contributed by atoms with Gasteiger partial charge in [0.1, 0.15) is 5.58 Å². The second-order valence-electron chi connectivity index (χ2n) is 10.4. The van der Waals surface area contributed by atoms with E-state index in [-0.39, 0.29) is 5.91 Å². The third-order valence-electron chi connectivity index (χ3n) is 7.68. The molecule has 1 fully saturated rings. The molecule has 6 heteroatoms. The largest absolute Gasteiger partial charge is 0.451 e. The Hall–Kier alpha value is -3.22. The van der Waals surface area contributed by atoms with Gasteiger partial charge in [-0.25, -0.2) is 0 Å². The molecule has 4 aromatic rings. The lowest BCUT2D eigenvalue weighted by atomic mass is 9.84. The van der Waals surface area contributed by atoms with Crippen LogP contribution in [0.2, 0.25) is 0 Å². The molecule has 1 atom stereocenters. The number of carbonyl (C=O) groups is 1. The first-order valence-corrected chi connectivity index (χ1v) is 12.9. The maximum atomic E-state index is 13.2. The van der Waals surface area contributed by atoms with E-state index in [0.717, 1.165) is 47.1 Å². The molecule has 1 aliphatic heterocycles. The molecule has 1 aliphatic rings. The average Bonchev–Trinajstić information content (AvgIpc) is 3.33. The predicted molar refractivity (Wildman–Crippen MR) is 143 cm³/mol. The first kappa shape index (κ1) is 24.5. The van der Waals surface area contributed by atoms with Crippen LogP contribution in [0.5, 0.6) is 0 Å². The van der Waals surface area contributed by atoms with Crippen molar-refractivity contribution in [2.75, 3.05) is 26.7 Å². The summed E-state index contributed by atoms with van der Waals surface area (Å²) in [4.78, 5) is 21.8. The monoisotopic (exact) mass is 485 g/mol. The second kappa shape index (κ2) is 10.0. The van der Waals surface area contributed by atoms with Gasteiger partial charge in [0.2, 0.25) is 0 Å². The van der Waals surface area contributed by atoms with Gasteiger partial charge in [-0.3, -0.25) is 9.78 Å². The molecule has 188 valence electrons. The highest BCUT2D eigenvalue weighted by atomic mass is 16.3. The van der Waals surface area contributed by atoms with Crippen molar-refractivity contribution in [2.45, 2.75) is 45.3 Å². The van der Waals surface area contributed by atoms with Crippen molar-refractivity contribution in [1.29, 1.82) is 0 Å². The molecule has 0 bridgehead atoms. The van der Waals surface area contributed by atoms with Gasteiger partial charge < -0.3 is 19.3 Å². The van der Waals surface area contributed by atoms with Gasteiger partial charge in [0.05, 0.1) is 11.1 Å². The molecule has 1 amide bonds. The van der Waals surface area contributed by atoms with Crippen molar-refractivity contribution in [2.24, 2.45) is 5.92 Å². The van der Waals surface area contributed by atoms with Gasteiger partial charge in [-0.15, -0.1) is 0 Å². The van der Waals surface area contributed by atoms with E-state index < -0.39 is 5.60 Å². The molecule has 1 saturated heterocycles. The summed E-state index contributed by atoms with van der Waals surface area (Å²) in [5.74, 6) is 0.787. The topological polar surface area (TPSA) is 69.8 Å². The van der Waals surface area contributed by atoms with Gasteiger partial charge in [0, 0.05) is 50.2 Å². The molecule has 5 rings (SSSR count). The summed E-state index contributed by atoms with van der Waals surface area (Å²) < 4.78 is 5.93. The lowest BCUT2D eigenvalue weighted by Gasteiger charge is -2.39. The number of piperidine rings is 1. The van der Waals surface area contributed by atoms with Crippen LogP contribution in [0.3, 0.4) is 0 Å². The van der Waals surface area contributed by atoms with E-state index in [1.807, 2.05) is 48.5 Å². The number of hydrogen-bond donors (Lipinski definition) is 1. The van der Waals surface area contributed by atoms with Crippen molar-refractivity contribution in [1.82, 2.24) is 14.8 Å². The van der Waals surface area contributed by atoms with E-state index in [0.29, 0.717) is 36.6 Å². The predicted octanol–water partition coefficient (Wildman–Crippen LogP) is 5.58. The Bertz CT molecular complexity index is 1370. The molecule has 0 radical (unpaired) electrons. The van der Waals surface area contributed by atoms with Gasteiger partial charge in [-0.05, 0) is 54.2 Å². The normalized spacial score (nSPS) is 16.9. The van der Waals surface area contributed by atoms with Gasteiger partial charge in [0.25, 0.3) is 5.91 Å². The van der Waals surface area contributed by atoms with Crippen LogP contribution in [0.15, 0.2) is 65.2 Å². The lowest BCUT2D eigenvalue weighted by molar-refractivity contribution is -0.0283. The molecule has 2 aromatic heterocycles. The highest BCUT2D eigenvalue weighted by molar-refractivity contribution is 5.96. The Morgan fingerprint density at radius 3 is 2.69 bits per heavy atom. The summed E-state index contributed by atoms with van der Waals surface area (Å²) in [5.41, 5.74) is 2.59. The number of pyridine rings is 1. The standard InChI is InChI=1S/C30H35N3O3/c1-4-21(2)19-33-15-12-30(35,13-16-33)25-10-11-26-24(17-25)18-27(36-26)29(34)32(3)20-23-8-5-7-22-9-6-14-31-28(22)23/h5-11,14,17-18,21,35H,4,12-13,15-16,19-20H2,1-3H3/t21-/m1/s1. The third-order valence-corrected chi connectivity index (χ3v) is 7.68. The summed E-state index contributed by atoms with van der Waals surface area (Å²) in [6.07, 6.45) is 4.36. The number of carbonyl (C=O) groups excluding carboxylic acids is 1. The van der Waals surface area contributed by atoms with Crippen LogP contribution in [0.25, 0.3) is 21.9 Å². The summed E-state index contributed by atoms with van der Waals surface area (Å²) >= 11 is 0. The fourth-order valence-corrected chi connectivity index (χ4v) is 5.21. The maximum Gasteiger partial charge on any atom is 0.289 e. The van der Waals surface area contributed by atoms with Crippen molar-refractivity contribution in [3.8, 4) is 0 Å². The van der Waals surface area contributed by atoms with Crippen molar-refractivity contribution < 1.29 is 14.3 Å². The van der Waals surface area contributed by atoms with E-state index >= 15 is 0 Å². The fraction of sp³-hybridized carbons (Fsp3) is 0.400. The van der Waals surface area contributed by atoms with E-state index in [1.54, 1.807) is 24.2 Å². The SMILES string of the molecule is CC[C@@H](C)CN1CCC(O)(c2ccc3oc(C(=O)N(C)Cc4cccc5cccnc45)cc3c2)CC1.